The van der Waals surface area contributed by atoms with Crippen molar-refractivity contribution < 1.29 is 14.3 Å². The highest BCUT2D eigenvalue weighted by atomic mass is 16.5. The Kier molecular flexibility index (Phi) is 5.66. The maximum Gasteiger partial charge on any atom is 0.313 e. The van der Waals surface area contributed by atoms with E-state index in [9.17, 15) is 9.59 Å². The van der Waals surface area contributed by atoms with Crippen molar-refractivity contribution in [1.82, 2.24) is 9.80 Å². The van der Waals surface area contributed by atoms with E-state index in [1.54, 1.807) is 0 Å². The second kappa shape index (κ2) is 7.78. The van der Waals surface area contributed by atoms with Gasteiger partial charge in [-0.25, -0.2) is 0 Å². The van der Waals surface area contributed by atoms with Crippen molar-refractivity contribution >= 4 is 11.9 Å². The SMILES string of the molecule is CCOC(=O)[C@]12CCCN(C(=O)c3ccccc3C)C[C@H]1CN(CC)C2. The van der Waals surface area contributed by atoms with Crippen molar-refractivity contribution in [2.75, 3.05) is 39.3 Å². The summed E-state index contributed by atoms with van der Waals surface area (Å²) in [5.74, 6) is 0.140. The Labute approximate surface area is 156 Å². The zero-order chi connectivity index (χ0) is 18.7. The first-order chi connectivity index (χ1) is 12.5. The van der Waals surface area contributed by atoms with Gasteiger partial charge in [-0.1, -0.05) is 25.1 Å². The molecule has 2 aliphatic heterocycles. The number of rotatable bonds is 4. The van der Waals surface area contributed by atoms with Crippen LogP contribution in [0.3, 0.4) is 0 Å². The largest absolute Gasteiger partial charge is 0.466 e. The van der Waals surface area contributed by atoms with Gasteiger partial charge in [0.25, 0.3) is 5.91 Å². The van der Waals surface area contributed by atoms with E-state index in [1.165, 1.54) is 0 Å². The molecule has 2 fully saturated rings. The Morgan fingerprint density at radius 3 is 2.69 bits per heavy atom. The van der Waals surface area contributed by atoms with E-state index in [0.717, 1.165) is 43.6 Å². The Morgan fingerprint density at radius 2 is 2.00 bits per heavy atom. The summed E-state index contributed by atoms with van der Waals surface area (Å²) in [4.78, 5) is 30.2. The molecule has 2 aliphatic rings. The number of likely N-dealkylation sites (tertiary alicyclic amines) is 2. The van der Waals surface area contributed by atoms with Gasteiger partial charge in [-0.2, -0.15) is 0 Å². The highest BCUT2D eigenvalue weighted by Gasteiger charge is 2.54. The van der Waals surface area contributed by atoms with Crippen LogP contribution in [0.1, 0.15) is 42.6 Å². The lowest BCUT2D eigenvalue weighted by atomic mass is 9.75. The van der Waals surface area contributed by atoms with Gasteiger partial charge in [0.2, 0.25) is 0 Å². The van der Waals surface area contributed by atoms with Gasteiger partial charge in [0, 0.05) is 37.7 Å². The number of hydrogen-bond acceptors (Lipinski definition) is 4. The predicted molar refractivity (Wildman–Crippen MR) is 101 cm³/mol. The monoisotopic (exact) mass is 358 g/mol. The highest BCUT2D eigenvalue weighted by Crippen LogP contribution is 2.43. The normalized spacial score (nSPS) is 26.3. The van der Waals surface area contributed by atoms with Crippen molar-refractivity contribution in [3.63, 3.8) is 0 Å². The molecule has 0 aliphatic carbocycles. The van der Waals surface area contributed by atoms with Crippen molar-refractivity contribution in [2.24, 2.45) is 11.3 Å². The van der Waals surface area contributed by atoms with Crippen molar-refractivity contribution in [3.8, 4) is 0 Å². The van der Waals surface area contributed by atoms with Crippen LogP contribution < -0.4 is 0 Å². The van der Waals surface area contributed by atoms with E-state index in [4.69, 9.17) is 4.74 Å². The lowest BCUT2D eigenvalue weighted by Crippen LogP contribution is -2.43. The summed E-state index contributed by atoms with van der Waals surface area (Å²) in [5, 5.41) is 0. The third-order valence-electron chi connectivity index (χ3n) is 6.05. The molecule has 26 heavy (non-hydrogen) atoms. The number of aryl methyl sites for hydroxylation is 1. The predicted octanol–water partition coefficient (Wildman–Crippen LogP) is 2.73. The molecule has 2 atom stereocenters. The quantitative estimate of drug-likeness (QED) is 0.777. The van der Waals surface area contributed by atoms with Gasteiger partial charge in [0.1, 0.15) is 0 Å². The minimum atomic E-state index is -0.465. The third kappa shape index (κ3) is 3.37. The molecule has 0 saturated carbocycles. The van der Waals surface area contributed by atoms with Gasteiger partial charge in [-0.3, -0.25) is 9.59 Å². The number of ether oxygens (including phenoxy) is 1. The fourth-order valence-electron chi connectivity index (χ4n) is 4.55. The van der Waals surface area contributed by atoms with Crippen LogP contribution in [0.5, 0.6) is 0 Å². The summed E-state index contributed by atoms with van der Waals surface area (Å²) in [5.41, 5.74) is 1.30. The molecule has 142 valence electrons. The van der Waals surface area contributed by atoms with Crippen LogP contribution in [-0.4, -0.2) is 61.0 Å². The lowest BCUT2D eigenvalue weighted by molar-refractivity contribution is -0.157. The number of nitrogens with zero attached hydrogens (tertiary/aromatic N) is 2. The summed E-state index contributed by atoms with van der Waals surface area (Å²) in [6.07, 6.45) is 1.63. The van der Waals surface area contributed by atoms with Crippen molar-refractivity contribution in [1.29, 1.82) is 0 Å². The summed E-state index contributed by atoms with van der Waals surface area (Å²) < 4.78 is 5.46. The second-order valence-corrected chi connectivity index (χ2v) is 7.57. The summed E-state index contributed by atoms with van der Waals surface area (Å²) >= 11 is 0. The van der Waals surface area contributed by atoms with Gasteiger partial charge >= 0.3 is 5.97 Å². The molecule has 2 saturated heterocycles. The Morgan fingerprint density at radius 1 is 1.23 bits per heavy atom. The molecule has 0 bridgehead atoms. The fourth-order valence-corrected chi connectivity index (χ4v) is 4.55. The average Bonchev–Trinajstić information content (AvgIpc) is 2.90. The van der Waals surface area contributed by atoms with Gasteiger partial charge in [-0.05, 0) is 44.9 Å². The zero-order valence-corrected chi connectivity index (χ0v) is 16.2. The van der Waals surface area contributed by atoms with E-state index >= 15 is 0 Å². The topological polar surface area (TPSA) is 49.9 Å². The van der Waals surface area contributed by atoms with Crippen LogP contribution in [0, 0.1) is 18.3 Å². The van der Waals surface area contributed by atoms with Crippen LogP contribution in [0.4, 0.5) is 0 Å². The number of hydrogen-bond donors (Lipinski definition) is 0. The molecule has 1 aromatic carbocycles. The van der Waals surface area contributed by atoms with E-state index in [1.807, 2.05) is 43.0 Å². The average molecular weight is 358 g/mol. The van der Waals surface area contributed by atoms with Crippen molar-refractivity contribution in [3.05, 3.63) is 35.4 Å². The molecule has 0 aromatic heterocycles. The number of benzene rings is 1. The first-order valence-electron chi connectivity index (χ1n) is 9.76. The summed E-state index contributed by atoms with van der Waals surface area (Å²) in [6.45, 7) is 10.2. The zero-order valence-electron chi connectivity index (χ0n) is 16.2. The summed E-state index contributed by atoms with van der Waals surface area (Å²) in [7, 11) is 0. The minimum absolute atomic E-state index is 0.0776. The van der Waals surface area contributed by atoms with Gasteiger partial charge in [-0.15, -0.1) is 0 Å². The number of carbonyl (C=O) groups is 2. The number of esters is 1. The smallest absolute Gasteiger partial charge is 0.313 e. The van der Waals surface area contributed by atoms with Crippen molar-refractivity contribution in [2.45, 2.75) is 33.6 Å². The molecule has 0 spiro atoms. The first kappa shape index (κ1) is 18.9. The van der Waals surface area contributed by atoms with Crippen LogP contribution in [0.2, 0.25) is 0 Å². The van der Waals surface area contributed by atoms with Gasteiger partial charge < -0.3 is 14.5 Å². The number of fused-ring (bicyclic) bond motifs is 1. The molecule has 2 heterocycles. The second-order valence-electron chi connectivity index (χ2n) is 7.57. The molecule has 1 aromatic rings. The van der Waals surface area contributed by atoms with Crippen LogP contribution in [-0.2, 0) is 9.53 Å². The Hall–Kier alpha value is -1.88. The standard InChI is InChI=1S/C21H30N2O3/c1-4-22-13-17-14-23(19(24)18-10-7-6-9-16(18)3)12-8-11-21(17,15-22)20(25)26-5-2/h6-7,9-10,17H,4-5,8,11-15H2,1-3H3/t17-,21+/m1/s1. The molecule has 3 rings (SSSR count). The molecular weight excluding hydrogens is 328 g/mol. The van der Waals surface area contributed by atoms with E-state index in [-0.39, 0.29) is 17.8 Å². The maximum absolute atomic E-state index is 13.1. The Bertz CT molecular complexity index is 675. The first-order valence-corrected chi connectivity index (χ1v) is 9.76. The molecule has 5 nitrogen and oxygen atoms in total. The van der Waals surface area contributed by atoms with Gasteiger partial charge in [0.15, 0.2) is 0 Å². The molecule has 5 heteroatoms. The van der Waals surface area contributed by atoms with Crippen LogP contribution in [0.15, 0.2) is 24.3 Å². The van der Waals surface area contributed by atoms with Gasteiger partial charge in [0.05, 0.1) is 12.0 Å². The number of carbonyl (C=O) groups excluding carboxylic acids is 2. The van der Waals surface area contributed by atoms with Crippen LogP contribution in [0.25, 0.3) is 0 Å². The number of amides is 1. The Balaban J connectivity index is 1.85. The lowest BCUT2D eigenvalue weighted by Gasteiger charge is -2.31. The summed E-state index contributed by atoms with van der Waals surface area (Å²) in [6, 6.07) is 7.74. The van der Waals surface area contributed by atoms with E-state index in [2.05, 4.69) is 11.8 Å². The third-order valence-corrected chi connectivity index (χ3v) is 6.05. The molecule has 0 N–H and O–H groups in total. The highest BCUT2D eigenvalue weighted by molar-refractivity contribution is 5.95. The molecule has 0 radical (unpaired) electrons. The molecule has 0 unspecified atom stereocenters. The van der Waals surface area contributed by atoms with E-state index in [0.29, 0.717) is 19.7 Å². The molecular formula is C21H30N2O3. The maximum atomic E-state index is 13.1. The van der Waals surface area contributed by atoms with Crippen LogP contribution >= 0.6 is 0 Å². The fraction of sp³-hybridized carbons (Fsp3) is 0.619. The van der Waals surface area contributed by atoms with E-state index < -0.39 is 5.41 Å². The molecule has 1 amide bonds. The minimum Gasteiger partial charge on any atom is -0.466 e.